The molecule has 0 aliphatic rings. The molecule has 3 N–H and O–H groups in total. The van der Waals surface area contributed by atoms with Crippen LogP contribution < -0.4 is 11.1 Å². The Morgan fingerprint density at radius 1 is 1.33 bits per heavy atom. The molecule has 0 aliphatic heterocycles. The van der Waals surface area contributed by atoms with Gasteiger partial charge in [0.1, 0.15) is 5.54 Å². The predicted molar refractivity (Wildman–Crippen MR) is 85.0 cm³/mol. The fourth-order valence-electron chi connectivity index (χ4n) is 2.43. The van der Waals surface area contributed by atoms with Crippen LogP contribution in [-0.4, -0.2) is 50.7 Å². The van der Waals surface area contributed by atoms with Gasteiger partial charge in [-0.1, -0.05) is 37.3 Å². The zero-order chi connectivity index (χ0) is 15.7. The molecule has 0 saturated heterocycles. The third-order valence-corrected chi connectivity index (χ3v) is 3.49. The minimum Gasteiger partial charge on any atom is -0.380 e. The number of benzene rings is 1. The van der Waals surface area contributed by atoms with E-state index in [9.17, 15) is 4.79 Å². The van der Waals surface area contributed by atoms with E-state index in [1.54, 1.807) is 0 Å². The lowest BCUT2D eigenvalue weighted by atomic mass is 9.88. The Morgan fingerprint density at radius 3 is 2.52 bits per heavy atom. The number of carbonyl (C=O) groups excluding carboxylic acids is 1. The summed E-state index contributed by atoms with van der Waals surface area (Å²) in [6.45, 7) is 7.20. The summed E-state index contributed by atoms with van der Waals surface area (Å²) in [5, 5.41) is 3.28. The number of likely N-dealkylation sites (N-methyl/N-ethyl adjacent to an activating group) is 2. The molecule has 21 heavy (non-hydrogen) atoms. The highest BCUT2D eigenvalue weighted by Gasteiger charge is 2.38. The van der Waals surface area contributed by atoms with Crippen LogP contribution in [0.5, 0.6) is 0 Å². The average Bonchev–Trinajstić information content (AvgIpc) is 2.47. The highest BCUT2D eigenvalue weighted by molar-refractivity contribution is 5.86. The monoisotopic (exact) mass is 293 g/mol. The highest BCUT2D eigenvalue weighted by atomic mass is 16.5. The van der Waals surface area contributed by atoms with Crippen LogP contribution in [0.25, 0.3) is 0 Å². The summed E-state index contributed by atoms with van der Waals surface area (Å²) in [5.41, 5.74) is 5.75. The maximum Gasteiger partial charge on any atom is 0.243 e. The first-order chi connectivity index (χ1) is 10.1. The van der Waals surface area contributed by atoms with Gasteiger partial charge in [0, 0.05) is 19.7 Å². The molecule has 0 aliphatic carbocycles. The van der Waals surface area contributed by atoms with E-state index in [2.05, 4.69) is 10.2 Å². The molecule has 0 radical (unpaired) electrons. The third-order valence-electron chi connectivity index (χ3n) is 3.49. The molecular weight excluding hydrogens is 266 g/mol. The van der Waals surface area contributed by atoms with Crippen molar-refractivity contribution in [1.82, 2.24) is 10.2 Å². The molecule has 0 heterocycles. The van der Waals surface area contributed by atoms with Crippen molar-refractivity contribution in [3.63, 3.8) is 0 Å². The first kappa shape index (κ1) is 17.6. The van der Waals surface area contributed by atoms with Gasteiger partial charge in [0.25, 0.3) is 0 Å². The van der Waals surface area contributed by atoms with Gasteiger partial charge in [0.15, 0.2) is 0 Å². The van der Waals surface area contributed by atoms with Gasteiger partial charge in [-0.3, -0.25) is 10.1 Å². The molecular formula is C16H27N3O2. The SMILES string of the molecule is CCNC(CN(C)CCOCC)(C(N)=O)c1ccccc1. The number of ether oxygens (including phenoxy) is 1. The minimum atomic E-state index is -0.878. The van der Waals surface area contributed by atoms with Crippen molar-refractivity contribution in [2.24, 2.45) is 5.73 Å². The number of rotatable bonds is 10. The van der Waals surface area contributed by atoms with Crippen molar-refractivity contribution in [2.75, 3.05) is 39.9 Å². The molecule has 0 saturated carbocycles. The molecule has 0 spiro atoms. The number of nitrogens with two attached hydrogens (primary N) is 1. The van der Waals surface area contributed by atoms with Crippen molar-refractivity contribution >= 4 is 5.91 Å². The maximum atomic E-state index is 12.2. The number of hydrogen-bond donors (Lipinski definition) is 2. The van der Waals surface area contributed by atoms with Crippen LogP contribution in [0.2, 0.25) is 0 Å². The van der Waals surface area contributed by atoms with Crippen molar-refractivity contribution in [1.29, 1.82) is 0 Å². The first-order valence-electron chi connectivity index (χ1n) is 7.43. The van der Waals surface area contributed by atoms with Gasteiger partial charge in [-0.05, 0) is 26.1 Å². The van der Waals surface area contributed by atoms with Crippen molar-refractivity contribution in [3.05, 3.63) is 35.9 Å². The first-order valence-corrected chi connectivity index (χ1v) is 7.43. The van der Waals surface area contributed by atoms with Gasteiger partial charge >= 0.3 is 0 Å². The Morgan fingerprint density at radius 2 is 2.00 bits per heavy atom. The van der Waals surface area contributed by atoms with E-state index in [0.29, 0.717) is 26.3 Å². The van der Waals surface area contributed by atoms with Gasteiger partial charge in [-0.15, -0.1) is 0 Å². The molecule has 0 aromatic heterocycles. The minimum absolute atomic E-state index is 0.362. The number of primary amides is 1. The summed E-state index contributed by atoms with van der Waals surface area (Å²) in [6.07, 6.45) is 0. The Bertz CT molecular complexity index is 425. The normalized spacial score (nSPS) is 14.1. The average molecular weight is 293 g/mol. The predicted octanol–water partition coefficient (Wildman–Crippen LogP) is 0.945. The zero-order valence-electron chi connectivity index (χ0n) is 13.3. The molecule has 118 valence electrons. The van der Waals surface area contributed by atoms with Crippen LogP contribution in [0, 0.1) is 0 Å². The second kappa shape index (κ2) is 8.77. The quantitative estimate of drug-likeness (QED) is 0.630. The fourth-order valence-corrected chi connectivity index (χ4v) is 2.43. The van der Waals surface area contributed by atoms with Crippen LogP contribution in [-0.2, 0) is 15.1 Å². The van der Waals surface area contributed by atoms with Gasteiger partial charge in [0.2, 0.25) is 5.91 Å². The molecule has 1 aromatic carbocycles. The largest absolute Gasteiger partial charge is 0.380 e. The number of hydrogen-bond acceptors (Lipinski definition) is 4. The Hall–Kier alpha value is -1.43. The molecule has 5 nitrogen and oxygen atoms in total. The smallest absolute Gasteiger partial charge is 0.243 e. The van der Waals surface area contributed by atoms with Gasteiger partial charge < -0.3 is 15.4 Å². The van der Waals surface area contributed by atoms with Gasteiger partial charge in [-0.25, -0.2) is 0 Å². The van der Waals surface area contributed by atoms with Gasteiger partial charge in [0.05, 0.1) is 6.61 Å². The van der Waals surface area contributed by atoms with Crippen LogP contribution >= 0.6 is 0 Å². The number of amides is 1. The van der Waals surface area contributed by atoms with E-state index in [0.717, 1.165) is 12.1 Å². The molecule has 1 unspecified atom stereocenters. The second-order valence-electron chi connectivity index (χ2n) is 5.10. The maximum absolute atomic E-state index is 12.2. The summed E-state index contributed by atoms with van der Waals surface area (Å²) >= 11 is 0. The van der Waals surface area contributed by atoms with Gasteiger partial charge in [-0.2, -0.15) is 0 Å². The Labute approximate surface area is 127 Å². The lowest BCUT2D eigenvalue weighted by molar-refractivity contribution is -0.125. The zero-order valence-corrected chi connectivity index (χ0v) is 13.3. The van der Waals surface area contributed by atoms with E-state index in [4.69, 9.17) is 10.5 Å². The Balaban J connectivity index is 2.94. The lowest BCUT2D eigenvalue weighted by Crippen LogP contribution is -2.58. The highest BCUT2D eigenvalue weighted by Crippen LogP contribution is 2.22. The fraction of sp³-hybridized carbons (Fsp3) is 0.562. The van der Waals surface area contributed by atoms with E-state index in [-0.39, 0.29) is 5.91 Å². The molecule has 1 aromatic rings. The lowest BCUT2D eigenvalue weighted by Gasteiger charge is -2.35. The van der Waals surface area contributed by atoms with Crippen molar-refractivity contribution in [2.45, 2.75) is 19.4 Å². The molecule has 1 rings (SSSR count). The summed E-state index contributed by atoms with van der Waals surface area (Å²) in [4.78, 5) is 14.2. The van der Waals surface area contributed by atoms with E-state index >= 15 is 0 Å². The molecule has 1 atom stereocenters. The summed E-state index contributed by atoms with van der Waals surface area (Å²) in [7, 11) is 1.97. The summed E-state index contributed by atoms with van der Waals surface area (Å²) in [5.74, 6) is -0.362. The molecule has 5 heteroatoms. The van der Waals surface area contributed by atoms with Crippen molar-refractivity contribution < 1.29 is 9.53 Å². The number of nitrogens with one attached hydrogen (secondary N) is 1. The van der Waals surface area contributed by atoms with E-state index < -0.39 is 5.54 Å². The molecule has 0 bridgehead atoms. The topological polar surface area (TPSA) is 67.6 Å². The molecule has 1 amide bonds. The Kier molecular flexibility index (Phi) is 7.36. The summed E-state index contributed by atoms with van der Waals surface area (Å²) in [6, 6.07) is 9.64. The summed E-state index contributed by atoms with van der Waals surface area (Å²) < 4.78 is 5.37. The molecule has 0 fully saturated rings. The van der Waals surface area contributed by atoms with Crippen LogP contribution in [0.1, 0.15) is 19.4 Å². The number of nitrogens with zero attached hydrogens (tertiary/aromatic N) is 1. The van der Waals surface area contributed by atoms with E-state index in [1.807, 2.05) is 51.2 Å². The van der Waals surface area contributed by atoms with Crippen LogP contribution in [0.4, 0.5) is 0 Å². The van der Waals surface area contributed by atoms with Crippen molar-refractivity contribution in [3.8, 4) is 0 Å². The standard InChI is InChI=1S/C16H27N3O2/c1-4-18-16(15(17)20,14-9-7-6-8-10-14)13-19(3)11-12-21-5-2/h6-10,18H,4-5,11-13H2,1-3H3,(H2,17,20). The number of carbonyl (C=O) groups is 1. The van der Waals surface area contributed by atoms with E-state index in [1.165, 1.54) is 0 Å². The van der Waals surface area contributed by atoms with Crippen LogP contribution in [0.3, 0.4) is 0 Å². The van der Waals surface area contributed by atoms with Crippen LogP contribution in [0.15, 0.2) is 30.3 Å². The third kappa shape index (κ3) is 4.81. The second-order valence-corrected chi connectivity index (χ2v) is 5.10.